The molecule has 0 radical (unpaired) electrons. The van der Waals surface area contributed by atoms with Gasteiger partial charge in [0.1, 0.15) is 18.5 Å². The van der Waals surface area contributed by atoms with Crippen LogP contribution in [0.5, 0.6) is 5.75 Å². The molecule has 2 aliphatic heterocycles. The summed E-state index contributed by atoms with van der Waals surface area (Å²) in [6.45, 7) is 2.77. The Hall–Kier alpha value is -2.05. The summed E-state index contributed by atoms with van der Waals surface area (Å²) in [5.41, 5.74) is 8.75. The molecule has 1 aromatic carbocycles. The summed E-state index contributed by atoms with van der Waals surface area (Å²) in [4.78, 5) is 4.48. The number of aliphatic imine (C=N–C) groups is 1. The van der Waals surface area contributed by atoms with E-state index in [1.807, 2.05) is 6.07 Å². The molecule has 1 atom stereocenters. The molecule has 0 bridgehead atoms. The number of ether oxygens (including phenoxy) is 3. The monoisotopic (exact) mass is 304 g/mol. The maximum absolute atomic E-state index is 9.55. The predicted octanol–water partition coefficient (Wildman–Crippen LogP) is 0.969. The van der Waals surface area contributed by atoms with Crippen LogP contribution in [0.25, 0.3) is 0 Å². The van der Waals surface area contributed by atoms with Crippen molar-refractivity contribution in [2.24, 2.45) is 10.7 Å². The third-order valence-corrected chi connectivity index (χ3v) is 3.63. The first-order chi connectivity index (χ1) is 10.7. The molecule has 1 fully saturated rings. The fourth-order valence-electron chi connectivity index (χ4n) is 2.54. The first-order valence-corrected chi connectivity index (χ1v) is 7.38. The van der Waals surface area contributed by atoms with E-state index in [0.717, 1.165) is 23.3 Å². The van der Waals surface area contributed by atoms with Crippen LogP contribution in [0.4, 0.5) is 0 Å². The number of allylic oxidation sites excluding steroid dienone is 1. The van der Waals surface area contributed by atoms with E-state index in [1.54, 1.807) is 18.2 Å². The lowest BCUT2D eigenvalue weighted by atomic mass is 9.97. The number of phenolic OH excluding ortho intramolecular Hbond substituents is 1. The Kier molecular flexibility index (Phi) is 4.60. The second-order valence-electron chi connectivity index (χ2n) is 5.28. The molecular formula is C16H20N2O4. The first kappa shape index (κ1) is 14.9. The number of nitrogens with zero attached hydrogens (tertiary/aromatic N) is 1. The Morgan fingerprint density at radius 3 is 3.18 bits per heavy atom. The third kappa shape index (κ3) is 3.58. The van der Waals surface area contributed by atoms with Crippen molar-refractivity contribution in [1.29, 1.82) is 0 Å². The van der Waals surface area contributed by atoms with Gasteiger partial charge >= 0.3 is 0 Å². The van der Waals surface area contributed by atoms with Gasteiger partial charge in [-0.05, 0) is 30.2 Å². The van der Waals surface area contributed by atoms with E-state index in [0.29, 0.717) is 38.9 Å². The second-order valence-corrected chi connectivity index (χ2v) is 5.28. The van der Waals surface area contributed by atoms with Gasteiger partial charge < -0.3 is 25.1 Å². The van der Waals surface area contributed by atoms with Gasteiger partial charge in [-0.25, -0.2) is 0 Å². The molecule has 2 aliphatic rings. The standard InChI is InChI=1S/C16H20N2O4/c17-16(22-10-13-9-20-5-6-21-13)8-15-14-2-1-12(19)7-11(14)3-4-18-15/h1-2,7-8,13,19H,3-6,9-10,17H2. The van der Waals surface area contributed by atoms with Gasteiger partial charge in [0.05, 0.1) is 25.5 Å². The number of nitrogens with two attached hydrogens (primary N) is 1. The lowest BCUT2D eigenvalue weighted by Gasteiger charge is -2.23. The number of rotatable bonds is 4. The smallest absolute Gasteiger partial charge is 0.186 e. The number of aromatic hydroxyl groups is 1. The molecule has 0 aromatic heterocycles. The molecule has 6 heteroatoms. The summed E-state index contributed by atoms with van der Waals surface area (Å²) < 4.78 is 16.3. The van der Waals surface area contributed by atoms with Crippen molar-refractivity contribution in [1.82, 2.24) is 0 Å². The van der Waals surface area contributed by atoms with Crippen LogP contribution in [0.1, 0.15) is 11.1 Å². The van der Waals surface area contributed by atoms with Gasteiger partial charge in [0.25, 0.3) is 0 Å². The molecule has 0 saturated carbocycles. The number of benzene rings is 1. The summed E-state index contributed by atoms with van der Waals surface area (Å²) in [5, 5.41) is 9.55. The molecule has 6 nitrogen and oxygen atoms in total. The van der Waals surface area contributed by atoms with Crippen molar-refractivity contribution in [2.45, 2.75) is 12.5 Å². The Morgan fingerprint density at radius 1 is 1.45 bits per heavy atom. The van der Waals surface area contributed by atoms with Crippen LogP contribution in [0, 0.1) is 0 Å². The van der Waals surface area contributed by atoms with E-state index in [4.69, 9.17) is 19.9 Å². The zero-order valence-electron chi connectivity index (χ0n) is 12.3. The van der Waals surface area contributed by atoms with E-state index >= 15 is 0 Å². The van der Waals surface area contributed by atoms with Gasteiger partial charge in [0, 0.05) is 18.2 Å². The number of fused-ring (bicyclic) bond motifs is 1. The topological polar surface area (TPSA) is 86.3 Å². The van der Waals surface area contributed by atoms with E-state index in [9.17, 15) is 5.11 Å². The fraction of sp³-hybridized carbons (Fsp3) is 0.438. The Labute approximate surface area is 129 Å². The molecule has 3 rings (SSSR count). The molecule has 1 unspecified atom stereocenters. The molecule has 1 saturated heterocycles. The highest BCUT2D eigenvalue weighted by atomic mass is 16.6. The Morgan fingerprint density at radius 2 is 2.36 bits per heavy atom. The minimum Gasteiger partial charge on any atom is -0.508 e. The summed E-state index contributed by atoms with van der Waals surface area (Å²) in [6.07, 6.45) is 2.45. The molecular weight excluding hydrogens is 284 g/mol. The Balaban J connectivity index is 1.65. The molecule has 0 amide bonds. The zero-order chi connectivity index (χ0) is 15.4. The van der Waals surface area contributed by atoms with E-state index < -0.39 is 0 Å². The Bertz CT molecular complexity index is 592. The first-order valence-electron chi connectivity index (χ1n) is 7.38. The highest BCUT2D eigenvalue weighted by molar-refractivity contribution is 6.10. The van der Waals surface area contributed by atoms with Crippen molar-refractivity contribution in [3.8, 4) is 5.75 Å². The molecule has 0 aliphatic carbocycles. The highest BCUT2D eigenvalue weighted by Gasteiger charge is 2.16. The summed E-state index contributed by atoms with van der Waals surface area (Å²) in [6, 6.07) is 5.27. The number of phenols is 1. The maximum Gasteiger partial charge on any atom is 0.186 e. The van der Waals surface area contributed by atoms with Crippen LogP contribution in [-0.4, -0.2) is 49.9 Å². The van der Waals surface area contributed by atoms with Crippen LogP contribution in [0.15, 0.2) is 35.2 Å². The molecule has 1 aromatic rings. The minimum atomic E-state index is -0.0850. The summed E-state index contributed by atoms with van der Waals surface area (Å²) in [7, 11) is 0. The van der Waals surface area contributed by atoms with Gasteiger partial charge in [0.2, 0.25) is 0 Å². The minimum absolute atomic E-state index is 0.0850. The second kappa shape index (κ2) is 6.81. The average Bonchev–Trinajstić information content (AvgIpc) is 2.54. The summed E-state index contributed by atoms with van der Waals surface area (Å²) in [5.74, 6) is 0.566. The largest absolute Gasteiger partial charge is 0.508 e. The van der Waals surface area contributed by atoms with E-state index in [1.165, 1.54) is 0 Å². The van der Waals surface area contributed by atoms with Crippen LogP contribution < -0.4 is 5.73 Å². The molecule has 3 N–H and O–H groups in total. The predicted molar refractivity (Wildman–Crippen MR) is 82.0 cm³/mol. The molecule has 22 heavy (non-hydrogen) atoms. The van der Waals surface area contributed by atoms with Crippen molar-refractivity contribution < 1.29 is 19.3 Å². The summed E-state index contributed by atoms with van der Waals surface area (Å²) >= 11 is 0. The normalized spacial score (nSPS) is 21.9. The average molecular weight is 304 g/mol. The van der Waals surface area contributed by atoms with Gasteiger partial charge in [-0.2, -0.15) is 0 Å². The van der Waals surface area contributed by atoms with Crippen molar-refractivity contribution in [3.63, 3.8) is 0 Å². The van der Waals surface area contributed by atoms with Gasteiger partial charge in [-0.3, -0.25) is 4.99 Å². The van der Waals surface area contributed by atoms with Crippen LogP contribution in [0.3, 0.4) is 0 Å². The van der Waals surface area contributed by atoms with Crippen LogP contribution in [-0.2, 0) is 20.6 Å². The van der Waals surface area contributed by atoms with Gasteiger partial charge in [-0.1, -0.05) is 0 Å². The van der Waals surface area contributed by atoms with Crippen LogP contribution >= 0.6 is 0 Å². The van der Waals surface area contributed by atoms with E-state index in [-0.39, 0.29) is 11.9 Å². The van der Waals surface area contributed by atoms with E-state index in [2.05, 4.69) is 4.99 Å². The number of hydrogen-bond donors (Lipinski definition) is 2. The van der Waals surface area contributed by atoms with Gasteiger partial charge in [0.15, 0.2) is 5.88 Å². The third-order valence-electron chi connectivity index (χ3n) is 3.63. The van der Waals surface area contributed by atoms with Gasteiger partial charge in [-0.15, -0.1) is 0 Å². The zero-order valence-corrected chi connectivity index (χ0v) is 12.3. The van der Waals surface area contributed by atoms with Crippen molar-refractivity contribution in [3.05, 3.63) is 41.3 Å². The molecule has 2 heterocycles. The lowest BCUT2D eigenvalue weighted by molar-refractivity contribution is -0.108. The number of hydrogen-bond acceptors (Lipinski definition) is 6. The highest BCUT2D eigenvalue weighted by Crippen LogP contribution is 2.22. The maximum atomic E-state index is 9.55. The van der Waals surface area contributed by atoms with Crippen LogP contribution in [0.2, 0.25) is 0 Å². The molecule has 0 spiro atoms. The van der Waals surface area contributed by atoms with Crippen molar-refractivity contribution in [2.75, 3.05) is 33.0 Å². The fourth-order valence-corrected chi connectivity index (χ4v) is 2.54. The molecule has 118 valence electrons. The lowest BCUT2D eigenvalue weighted by Crippen LogP contribution is -2.32. The SMILES string of the molecule is NC(=CC1=NCCc2cc(O)ccc21)OCC1COCCO1. The quantitative estimate of drug-likeness (QED) is 0.810. The van der Waals surface area contributed by atoms with Crippen molar-refractivity contribution >= 4 is 5.71 Å².